The van der Waals surface area contributed by atoms with E-state index in [0.717, 1.165) is 6.42 Å². The predicted molar refractivity (Wildman–Crippen MR) is 97.2 cm³/mol. The summed E-state index contributed by atoms with van der Waals surface area (Å²) in [5, 5.41) is 2.75. The van der Waals surface area contributed by atoms with Gasteiger partial charge in [-0.3, -0.25) is 19.3 Å². The van der Waals surface area contributed by atoms with Crippen LogP contribution >= 0.6 is 0 Å². The molecule has 3 heterocycles. The molecule has 0 unspecified atom stereocenters. The zero-order valence-corrected chi connectivity index (χ0v) is 15.0. The summed E-state index contributed by atoms with van der Waals surface area (Å²) in [7, 11) is 0. The number of nitrogens with zero attached hydrogens (tertiary/aromatic N) is 5. The number of amides is 3. The van der Waals surface area contributed by atoms with E-state index in [1.165, 1.54) is 17.6 Å². The van der Waals surface area contributed by atoms with E-state index in [-0.39, 0.29) is 66.8 Å². The summed E-state index contributed by atoms with van der Waals surface area (Å²) in [6.45, 7) is 0.409. The second-order valence-electron chi connectivity index (χ2n) is 7.48. The molecule has 4 atom stereocenters. The molecule has 3 aliphatic rings. The largest absolute Gasteiger partial charge is 0.382 e. The quantitative estimate of drug-likeness (QED) is 0.518. The topological polar surface area (TPSA) is 136 Å². The molecule has 3 amide bonds. The van der Waals surface area contributed by atoms with Crippen LogP contribution in [0, 0.1) is 23.7 Å². The number of carbonyl (C=O) groups is 3. The molecule has 1 saturated carbocycles. The number of rotatable bonds is 5. The molecule has 5 rings (SSSR count). The van der Waals surface area contributed by atoms with Crippen LogP contribution < -0.4 is 11.1 Å². The maximum Gasteiger partial charge on any atom is 0.240 e. The van der Waals surface area contributed by atoms with Crippen molar-refractivity contribution in [1.29, 1.82) is 0 Å². The summed E-state index contributed by atoms with van der Waals surface area (Å²) in [5.74, 6) is -0.254. The lowest BCUT2D eigenvalue weighted by atomic mass is 9.85. The number of nitrogens with one attached hydrogen (secondary N) is 1. The number of imidazole rings is 1. The number of nitrogens with two attached hydrogens (primary N) is 1. The monoisotopic (exact) mass is 381 g/mol. The summed E-state index contributed by atoms with van der Waals surface area (Å²) < 4.78 is 1.57. The minimum Gasteiger partial charge on any atom is -0.382 e. The summed E-state index contributed by atoms with van der Waals surface area (Å²) in [6, 6.07) is 0. The third-order valence-electron chi connectivity index (χ3n) is 5.96. The molecule has 2 bridgehead atoms. The highest BCUT2D eigenvalue weighted by atomic mass is 16.2. The number of nitrogen functional groups attached to an aromatic ring is 1. The summed E-state index contributed by atoms with van der Waals surface area (Å²) in [6.07, 6.45) is 7.83. The SMILES string of the molecule is Nc1ncnc2c1ncn2CC(=O)NCCN1C(=O)[C@@H]2[C@H](C1=O)[C@@H]1C=C[C@H]2C1. The van der Waals surface area contributed by atoms with Crippen LogP contribution in [0.5, 0.6) is 0 Å². The van der Waals surface area contributed by atoms with Crippen LogP contribution in [0.3, 0.4) is 0 Å². The van der Waals surface area contributed by atoms with E-state index in [0.29, 0.717) is 11.2 Å². The molecular weight excluding hydrogens is 362 g/mol. The average molecular weight is 381 g/mol. The van der Waals surface area contributed by atoms with E-state index >= 15 is 0 Å². The van der Waals surface area contributed by atoms with Crippen molar-refractivity contribution < 1.29 is 14.4 Å². The molecule has 10 nitrogen and oxygen atoms in total. The number of carbonyl (C=O) groups excluding carboxylic acids is 3. The Kier molecular flexibility index (Phi) is 3.68. The molecule has 2 aromatic rings. The minimum atomic E-state index is -0.266. The molecular formula is C18H19N7O3. The molecule has 2 aliphatic carbocycles. The van der Waals surface area contributed by atoms with E-state index in [1.807, 2.05) is 0 Å². The number of fused-ring (bicyclic) bond motifs is 6. The first-order valence-corrected chi connectivity index (χ1v) is 9.26. The number of likely N-dealkylation sites (tertiary alicyclic amines) is 1. The van der Waals surface area contributed by atoms with Crippen molar-refractivity contribution in [3.8, 4) is 0 Å². The Labute approximate surface area is 159 Å². The number of aromatic nitrogens is 4. The zero-order chi connectivity index (χ0) is 19.4. The van der Waals surface area contributed by atoms with Gasteiger partial charge in [0, 0.05) is 13.1 Å². The van der Waals surface area contributed by atoms with E-state index in [4.69, 9.17) is 5.73 Å². The molecule has 0 aromatic carbocycles. The first-order chi connectivity index (χ1) is 13.5. The van der Waals surface area contributed by atoms with E-state index in [1.54, 1.807) is 4.57 Å². The number of allylic oxidation sites excluding steroid dienone is 2. The Morgan fingerprint density at radius 2 is 1.86 bits per heavy atom. The van der Waals surface area contributed by atoms with E-state index in [9.17, 15) is 14.4 Å². The zero-order valence-electron chi connectivity index (χ0n) is 15.0. The molecule has 0 spiro atoms. The Bertz CT molecular complexity index is 999. The number of hydrogen-bond acceptors (Lipinski definition) is 7. The summed E-state index contributed by atoms with van der Waals surface area (Å²) in [5.41, 5.74) is 6.66. The van der Waals surface area contributed by atoms with Crippen LogP contribution in [-0.4, -0.2) is 55.2 Å². The van der Waals surface area contributed by atoms with Gasteiger partial charge >= 0.3 is 0 Å². The Hall–Kier alpha value is -3.30. The Balaban J connectivity index is 1.18. The smallest absolute Gasteiger partial charge is 0.240 e. The third kappa shape index (κ3) is 2.40. The fourth-order valence-corrected chi connectivity index (χ4v) is 4.72. The van der Waals surface area contributed by atoms with Gasteiger partial charge in [-0.2, -0.15) is 0 Å². The van der Waals surface area contributed by atoms with Gasteiger partial charge in [0.05, 0.1) is 18.2 Å². The minimum absolute atomic E-state index is 0.00810. The Morgan fingerprint density at radius 3 is 2.57 bits per heavy atom. The first kappa shape index (κ1) is 16.8. The lowest BCUT2D eigenvalue weighted by molar-refractivity contribution is -0.141. The van der Waals surface area contributed by atoms with Crippen molar-refractivity contribution >= 4 is 34.7 Å². The Morgan fingerprint density at radius 1 is 1.14 bits per heavy atom. The maximum atomic E-state index is 12.6. The van der Waals surface area contributed by atoms with Crippen molar-refractivity contribution in [1.82, 2.24) is 29.7 Å². The molecule has 0 radical (unpaired) electrons. The fraction of sp³-hybridized carbons (Fsp3) is 0.444. The van der Waals surface area contributed by atoms with Gasteiger partial charge in [0.25, 0.3) is 0 Å². The molecule has 2 fully saturated rings. The molecule has 2 aromatic heterocycles. The highest BCUT2D eigenvalue weighted by Crippen LogP contribution is 2.52. The predicted octanol–water partition coefficient (Wildman–Crippen LogP) is -0.668. The van der Waals surface area contributed by atoms with Crippen molar-refractivity contribution in [2.75, 3.05) is 18.8 Å². The van der Waals surface area contributed by atoms with Crippen LogP contribution in [0.15, 0.2) is 24.8 Å². The maximum absolute atomic E-state index is 12.6. The number of imide groups is 1. The molecule has 1 saturated heterocycles. The number of anilines is 1. The van der Waals surface area contributed by atoms with Crippen molar-refractivity contribution in [3.63, 3.8) is 0 Å². The van der Waals surface area contributed by atoms with Crippen LogP contribution in [0.1, 0.15) is 6.42 Å². The fourth-order valence-electron chi connectivity index (χ4n) is 4.72. The van der Waals surface area contributed by atoms with E-state index < -0.39 is 0 Å². The standard InChI is InChI=1S/C18H19N7O3/c19-15-14-16(22-7-21-15)24(8-23-14)6-11(26)20-3-4-25-17(27)12-9-1-2-10(5-9)13(12)18(25)28/h1-2,7-10,12-13H,3-6H2,(H,20,26)(H2,19,21,22)/t9-,10+,12-,13+. The van der Waals surface area contributed by atoms with Crippen LogP contribution in [0.2, 0.25) is 0 Å². The average Bonchev–Trinajstić information content (AvgIpc) is 3.43. The molecule has 3 N–H and O–H groups in total. The van der Waals surface area contributed by atoms with Crippen LogP contribution in [-0.2, 0) is 20.9 Å². The highest BCUT2D eigenvalue weighted by Gasteiger charge is 2.58. The van der Waals surface area contributed by atoms with Gasteiger partial charge < -0.3 is 15.6 Å². The van der Waals surface area contributed by atoms with Gasteiger partial charge in [0.1, 0.15) is 18.4 Å². The van der Waals surface area contributed by atoms with Crippen molar-refractivity contribution in [3.05, 3.63) is 24.8 Å². The highest BCUT2D eigenvalue weighted by molar-refractivity contribution is 6.06. The lowest BCUT2D eigenvalue weighted by Crippen LogP contribution is -2.40. The van der Waals surface area contributed by atoms with Crippen LogP contribution in [0.4, 0.5) is 5.82 Å². The van der Waals surface area contributed by atoms with Gasteiger partial charge in [-0.05, 0) is 18.3 Å². The van der Waals surface area contributed by atoms with Crippen LogP contribution in [0.25, 0.3) is 11.2 Å². The molecule has 28 heavy (non-hydrogen) atoms. The van der Waals surface area contributed by atoms with E-state index in [2.05, 4.69) is 32.4 Å². The van der Waals surface area contributed by atoms with Crippen molar-refractivity contribution in [2.45, 2.75) is 13.0 Å². The second kappa shape index (κ2) is 6.11. The third-order valence-corrected chi connectivity index (χ3v) is 5.96. The summed E-state index contributed by atoms with van der Waals surface area (Å²) in [4.78, 5) is 50.9. The van der Waals surface area contributed by atoms with Gasteiger partial charge in [0.2, 0.25) is 17.7 Å². The molecule has 10 heteroatoms. The molecule has 1 aliphatic heterocycles. The van der Waals surface area contributed by atoms with Gasteiger partial charge in [-0.25, -0.2) is 15.0 Å². The molecule has 144 valence electrons. The summed E-state index contributed by atoms with van der Waals surface area (Å²) >= 11 is 0. The van der Waals surface area contributed by atoms with Gasteiger partial charge in [0.15, 0.2) is 11.5 Å². The number of hydrogen-bond donors (Lipinski definition) is 2. The lowest BCUT2D eigenvalue weighted by Gasteiger charge is -2.17. The first-order valence-electron chi connectivity index (χ1n) is 9.26. The second-order valence-corrected chi connectivity index (χ2v) is 7.48. The van der Waals surface area contributed by atoms with Gasteiger partial charge in [-0.15, -0.1) is 0 Å². The normalized spacial score (nSPS) is 27.8. The van der Waals surface area contributed by atoms with Gasteiger partial charge in [-0.1, -0.05) is 12.2 Å². The van der Waals surface area contributed by atoms with Crippen molar-refractivity contribution in [2.24, 2.45) is 23.7 Å².